The average Bonchev–Trinajstić information content (AvgIpc) is 2.76. The van der Waals surface area contributed by atoms with Gasteiger partial charge in [0, 0.05) is 6.54 Å². The summed E-state index contributed by atoms with van der Waals surface area (Å²) in [4.78, 5) is 25.3. The van der Waals surface area contributed by atoms with Crippen molar-refractivity contribution in [2.45, 2.75) is 6.92 Å². The maximum atomic E-state index is 11.9. The van der Waals surface area contributed by atoms with Gasteiger partial charge in [-0.3, -0.25) is 9.59 Å². The van der Waals surface area contributed by atoms with Crippen LogP contribution in [0.25, 0.3) is 0 Å². The summed E-state index contributed by atoms with van der Waals surface area (Å²) in [6.07, 6.45) is 0. The molecule has 1 heterocycles. The molecule has 1 aromatic carbocycles. The predicted octanol–water partition coefficient (Wildman–Crippen LogP) is 3.22. The molecular formula is C13H12Cl3NO3. The van der Waals surface area contributed by atoms with Gasteiger partial charge >= 0.3 is 5.97 Å². The molecule has 1 atom stereocenters. The van der Waals surface area contributed by atoms with Gasteiger partial charge in [-0.1, -0.05) is 34.8 Å². The van der Waals surface area contributed by atoms with Gasteiger partial charge in [0.1, 0.15) is 5.92 Å². The number of nitrogens with zero attached hydrogens (tertiary/aromatic N) is 1. The van der Waals surface area contributed by atoms with Gasteiger partial charge in [-0.25, -0.2) is 0 Å². The average molecular weight is 337 g/mol. The second-order valence-corrected chi connectivity index (χ2v) is 5.59. The molecule has 108 valence electrons. The summed E-state index contributed by atoms with van der Waals surface area (Å²) >= 11 is 17.9. The first-order chi connectivity index (χ1) is 9.43. The highest BCUT2D eigenvalue weighted by Crippen LogP contribution is 2.36. The second-order valence-electron chi connectivity index (χ2n) is 4.37. The minimum absolute atomic E-state index is 0.0984. The van der Waals surface area contributed by atoms with E-state index < -0.39 is 11.9 Å². The maximum Gasteiger partial charge on any atom is 0.318 e. The third-order valence-corrected chi connectivity index (χ3v) is 4.06. The van der Waals surface area contributed by atoms with E-state index in [0.29, 0.717) is 20.8 Å². The molecule has 0 bridgehead atoms. The number of ether oxygens (including phenoxy) is 1. The minimum atomic E-state index is -0.777. The Balaban J connectivity index is 2.22. The van der Waals surface area contributed by atoms with Crippen molar-refractivity contribution in [1.82, 2.24) is 0 Å². The van der Waals surface area contributed by atoms with Gasteiger partial charge in [-0.2, -0.15) is 0 Å². The van der Waals surface area contributed by atoms with Gasteiger partial charge in [0.15, 0.2) is 5.78 Å². The second kappa shape index (κ2) is 6.20. The summed E-state index contributed by atoms with van der Waals surface area (Å²) < 4.78 is 4.89. The molecule has 20 heavy (non-hydrogen) atoms. The standard InChI is InChI=1S/C13H12Cl3NO3/c1-2-20-13(19)7-5-17(6-12(7)18)11-4-9(15)8(14)3-10(11)16/h3-4,7H,2,5-6H2,1H3. The monoisotopic (exact) mass is 335 g/mol. The molecule has 1 aliphatic rings. The summed E-state index contributed by atoms with van der Waals surface area (Å²) in [6, 6.07) is 3.11. The van der Waals surface area contributed by atoms with Crippen LogP contribution in [0.15, 0.2) is 12.1 Å². The topological polar surface area (TPSA) is 46.6 Å². The highest BCUT2D eigenvalue weighted by Gasteiger charge is 2.38. The first-order valence-corrected chi connectivity index (χ1v) is 7.16. The van der Waals surface area contributed by atoms with Crippen molar-refractivity contribution in [3.05, 3.63) is 27.2 Å². The lowest BCUT2D eigenvalue weighted by molar-refractivity contribution is -0.149. The van der Waals surface area contributed by atoms with Crippen molar-refractivity contribution in [2.24, 2.45) is 5.92 Å². The van der Waals surface area contributed by atoms with E-state index in [2.05, 4.69) is 0 Å². The van der Waals surface area contributed by atoms with Gasteiger partial charge in [-0.15, -0.1) is 0 Å². The number of anilines is 1. The lowest BCUT2D eigenvalue weighted by Gasteiger charge is -2.19. The summed E-state index contributed by atoms with van der Waals surface area (Å²) in [5.41, 5.74) is 0.584. The van der Waals surface area contributed by atoms with Gasteiger partial charge < -0.3 is 9.64 Å². The smallest absolute Gasteiger partial charge is 0.318 e. The Hall–Kier alpha value is -0.970. The number of Topliss-reactive ketones (excluding diaryl/α,β-unsaturated/α-hetero) is 1. The van der Waals surface area contributed by atoms with Crippen LogP contribution in [0, 0.1) is 5.92 Å². The van der Waals surface area contributed by atoms with Crippen LogP contribution in [0.1, 0.15) is 6.92 Å². The molecule has 0 N–H and O–H groups in total. The molecule has 0 aromatic heterocycles. The fourth-order valence-electron chi connectivity index (χ4n) is 2.07. The van der Waals surface area contributed by atoms with Crippen molar-refractivity contribution in [3.8, 4) is 0 Å². The molecule has 1 aliphatic heterocycles. The molecule has 1 aromatic rings. The quantitative estimate of drug-likeness (QED) is 0.483. The van der Waals surface area contributed by atoms with Gasteiger partial charge in [0.2, 0.25) is 0 Å². The summed E-state index contributed by atoms with van der Waals surface area (Å²) in [6.45, 7) is 2.28. The summed E-state index contributed by atoms with van der Waals surface area (Å²) in [7, 11) is 0. The van der Waals surface area contributed by atoms with Crippen LogP contribution in [0.4, 0.5) is 5.69 Å². The molecule has 0 saturated carbocycles. The van der Waals surface area contributed by atoms with Gasteiger partial charge in [0.25, 0.3) is 0 Å². The molecule has 2 rings (SSSR count). The molecule has 0 amide bonds. The first kappa shape index (κ1) is 15.4. The fraction of sp³-hybridized carbons (Fsp3) is 0.385. The molecule has 0 aliphatic carbocycles. The van der Waals surface area contributed by atoms with Crippen LogP contribution in [-0.2, 0) is 14.3 Å². The fourth-order valence-corrected chi connectivity index (χ4v) is 2.73. The number of carbonyl (C=O) groups excluding carboxylic acids is 2. The van der Waals surface area contributed by atoms with Crippen molar-refractivity contribution >= 4 is 52.2 Å². The number of hydrogen-bond donors (Lipinski definition) is 0. The number of carbonyl (C=O) groups is 2. The zero-order chi connectivity index (χ0) is 14.9. The van der Waals surface area contributed by atoms with Crippen LogP contribution in [-0.4, -0.2) is 31.4 Å². The number of benzene rings is 1. The van der Waals surface area contributed by atoms with E-state index >= 15 is 0 Å². The molecule has 1 unspecified atom stereocenters. The van der Waals surface area contributed by atoms with Crippen molar-refractivity contribution in [2.75, 3.05) is 24.6 Å². The van der Waals surface area contributed by atoms with Crippen LogP contribution in [0.3, 0.4) is 0 Å². The largest absolute Gasteiger partial charge is 0.465 e. The molecule has 1 saturated heterocycles. The Kier molecular flexibility index (Phi) is 4.78. The van der Waals surface area contributed by atoms with Crippen molar-refractivity contribution in [3.63, 3.8) is 0 Å². The molecule has 1 fully saturated rings. The van der Waals surface area contributed by atoms with E-state index in [4.69, 9.17) is 39.5 Å². The van der Waals surface area contributed by atoms with E-state index in [-0.39, 0.29) is 25.5 Å². The predicted molar refractivity (Wildman–Crippen MR) is 78.8 cm³/mol. The molecule has 0 radical (unpaired) electrons. The molecule has 4 nitrogen and oxygen atoms in total. The molecule has 7 heteroatoms. The van der Waals surface area contributed by atoms with Crippen molar-refractivity contribution in [1.29, 1.82) is 0 Å². The Bertz CT molecular complexity index is 562. The Morgan fingerprint density at radius 2 is 1.95 bits per heavy atom. The third kappa shape index (κ3) is 3.03. The van der Waals surface area contributed by atoms with E-state index in [1.165, 1.54) is 6.07 Å². The maximum absolute atomic E-state index is 11.9. The minimum Gasteiger partial charge on any atom is -0.465 e. The molecule has 0 spiro atoms. The number of ketones is 1. The highest BCUT2D eigenvalue weighted by atomic mass is 35.5. The Morgan fingerprint density at radius 1 is 1.30 bits per heavy atom. The zero-order valence-electron chi connectivity index (χ0n) is 10.7. The number of halogens is 3. The van der Waals surface area contributed by atoms with Crippen LogP contribution in [0.2, 0.25) is 15.1 Å². The van der Waals surface area contributed by atoms with Gasteiger partial charge in [0.05, 0.1) is 33.9 Å². The SMILES string of the molecule is CCOC(=O)C1CN(c2cc(Cl)c(Cl)cc2Cl)CC1=O. The lowest BCUT2D eigenvalue weighted by Crippen LogP contribution is -2.25. The normalized spacial score (nSPS) is 18.5. The number of rotatable bonds is 3. The third-order valence-electron chi connectivity index (χ3n) is 3.04. The van der Waals surface area contributed by atoms with Gasteiger partial charge in [-0.05, 0) is 19.1 Å². The highest BCUT2D eigenvalue weighted by molar-refractivity contribution is 6.44. The Morgan fingerprint density at radius 3 is 2.60 bits per heavy atom. The van der Waals surface area contributed by atoms with E-state index in [0.717, 1.165) is 0 Å². The lowest BCUT2D eigenvalue weighted by atomic mass is 10.1. The van der Waals surface area contributed by atoms with Crippen LogP contribution in [0.5, 0.6) is 0 Å². The van der Waals surface area contributed by atoms with E-state index in [9.17, 15) is 9.59 Å². The number of hydrogen-bond acceptors (Lipinski definition) is 4. The molecular weight excluding hydrogens is 325 g/mol. The van der Waals surface area contributed by atoms with Crippen LogP contribution < -0.4 is 4.90 Å². The summed E-state index contributed by atoms with van der Waals surface area (Å²) in [5, 5.41) is 1.07. The van der Waals surface area contributed by atoms with Crippen LogP contribution >= 0.6 is 34.8 Å². The van der Waals surface area contributed by atoms with E-state index in [1.807, 2.05) is 0 Å². The van der Waals surface area contributed by atoms with Crippen molar-refractivity contribution < 1.29 is 14.3 Å². The Labute approximate surface area is 131 Å². The number of esters is 1. The first-order valence-electron chi connectivity index (χ1n) is 6.03. The summed E-state index contributed by atoms with van der Waals surface area (Å²) in [5.74, 6) is -1.47. The zero-order valence-corrected chi connectivity index (χ0v) is 12.9. The van der Waals surface area contributed by atoms with E-state index in [1.54, 1.807) is 17.9 Å².